The first-order valence-electron chi connectivity index (χ1n) is 1.19. The lowest BCUT2D eigenvalue weighted by atomic mass is 11.7. The minimum atomic E-state index is -5.07. The van der Waals surface area contributed by atoms with E-state index in [-0.39, 0.29) is 4.70 Å². The van der Waals surface area contributed by atoms with Crippen molar-refractivity contribution in [2.24, 2.45) is 0 Å². The molecule has 0 spiro atoms. The van der Waals surface area contributed by atoms with Gasteiger partial charge >= 0.3 is 15.9 Å². The van der Waals surface area contributed by atoms with Crippen LogP contribution in [0.3, 0.4) is 0 Å². The molecule has 0 atom stereocenters. The van der Waals surface area contributed by atoms with Gasteiger partial charge < -0.3 is 0 Å². The van der Waals surface area contributed by atoms with Gasteiger partial charge in [-0.2, -0.15) is 17.2 Å². The Morgan fingerprint density at radius 3 is 1.50 bits per heavy atom. The first kappa shape index (κ1) is 10.6. The van der Waals surface area contributed by atoms with Crippen molar-refractivity contribution in [3.8, 4) is 0 Å². The lowest BCUT2D eigenvalue weighted by molar-refractivity contribution is 0.217. The molecule has 0 saturated carbocycles. The molecule has 0 aromatic rings. The third-order valence-corrected chi connectivity index (χ3v) is 0.675. The van der Waals surface area contributed by atoms with Crippen molar-refractivity contribution in [1.29, 1.82) is 0 Å². The fraction of sp³-hybridized carbons (Fsp3) is 1.00. The molecule has 0 fully saturated rings. The minimum Gasteiger partial charge on any atom is -0.281 e. The molecule has 0 rings (SSSR count). The smallest absolute Gasteiger partial charge is 0.281 e. The molecule has 0 aromatic heterocycles. The largest absolute Gasteiger partial charge is 0.361 e. The van der Waals surface area contributed by atoms with Crippen LogP contribution in [-0.4, -0.2) is 18.7 Å². The molecule has 0 heterocycles. The molecule has 1 N–H and O–H groups in total. The third kappa shape index (κ3) is 3.88. The van der Waals surface area contributed by atoms with E-state index in [1.807, 2.05) is 0 Å². The van der Waals surface area contributed by atoms with Crippen molar-refractivity contribution in [3.63, 3.8) is 0 Å². The SMILES string of the molecule is F.O=S(=O)(O)C(F)F. The van der Waals surface area contributed by atoms with Crippen molar-refractivity contribution in [1.82, 2.24) is 0 Å². The molecule has 0 aliphatic heterocycles. The monoisotopic (exact) mass is 152 g/mol. The van der Waals surface area contributed by atoms with Gasteiger partial charge in [0.15, 0.2) is 0 Å². The maximum Gasteiger partial charge on any atom is 0.361 e. The quantitative estimate of drug-likeness (QED) is 0.548. The predicted octanol–water partition coefficient (Wildman–Crippen LogP) is 0.249. The van der Waals surface area contributed by atoms with Gasteiger partial charge in [-0.05, 0) is 0 Å². The lowest BCUT2D eigenvalue weighted by Crippen LogP contribution is -2.07. The van der Waals surface area contributed by atoms with Crippen LogP contribution in [0.2, 0.25) is 0 Å². The lowest BCUT2D eigenvalue weighted by Gasteiger charge is -1.87. The van der Waals surface area contributed by atoms with Crippen molar-refractivity contribution in [3.05, 3.63) is 0 Å². The molecule has 8 heavy (non-hydrogen) atoms. The number of hydrogen-bond donors (Lipinski definition) is 1. The van der Waals surface area contributed by atoms with Gasteiger partial charge in [0.1, 0.15) is 0 Å². The zero-order valence-corrected chi connectivity index (χ0v) is 4.23. The minimum absolute atomic E-state index is 0. The molecule has 0 unspecified atom stereocenters. The van der Waals surface area contributed by atoms with E-state index in [1.165, 1.54) is 0 Å². The summed E-state index contributed by atoms with van der Waals surface area (Å²) in [5, 5.41) is 0. The van der Waals surface area contributed by atoms with Gasteiger partial charge in [0, 0.05) is 0 Å². The first-order chi connectivity index (χ1) is 2.94. The normalized spacial score (nSPS) is 11.0. The van der Waals surface area contributed by atoms with Gasteiger partial charge in [-0.25, -0.2) is 0 Å². The Morgan fingerprint density at radius 2 is 1.50 bits per heavy atom. The van der Waals surface area contributed by atoms with E-state index in [9.17, 15) is 8.78 Å². The van der Waals surface area contributed by atoms with Crippen molar-refractivity contribution < 1.29 is 26.5 Å². The molecule has 0 radical (unpaired) electrons. The van der Waals surface area contributed by atoms with E-state index < -0.39 is 15.9 Å². The fourth-order valence-electron chi connectivity index (χ4n) is 0. The Hall–Kier alpha value is -0.300. The average Bonchev–Trinajstić information content (AvgIpc) is 1.31. The number of halogens is 3. The zero-order chi connectivity index (χ0) is 6.08. The van der Waals surface area contributed by atoms with Gasteiger partial charge in [-0.3, -0.25) is 9.26 Å². The molecule has 0 aliphatic carbocycles. The topological polar surface area (TPSA) is 54.4 Å². The molecule has 0 aliphatic rings. The van der Waals surface area contributed by atoms with Crippen LogP contribution < -0.4 is 0 Å². The maximum atomic E-state index is 10.7. The summed E-state index contributed by atoms with van der Waals surface area (Å²) in [5.74, 6) is -3.67. The van der Waals surface area contributed by atoms with E-state index in [0.717, 1.165) is 0 Å². The summed E-state index contributed by atoms with van der Waals surface area (Å²) >= 11 is 0. The van der Waals surface area contributed by atoms with Gasteiger partial charge in [-0.1, -0.05) is 0 Å². The van der Waals surface area contributed by atoms with Gasteiger partial charge in [-0.15, -0.1) is 0 Å². The number of alkyl halides is 2. The van der Waals surface area contributed by atoms with Crippen molar-refractivity contribution in [2.45, 2.75) is 5.76 Å². The van der Waals surface area contributed by atoms with E-state index in [0.29, 0.717) is 0 Å². The van der Waals surface area contributed by atoms with Gasteiger partial charge in [0.2, 0.25) is 0 Å². The molecule has 52 valence electrons. The van der Waals surface area contributed by atoms with Crippen LogP contribution in [0.1, 0.15) is 0 Å². The second-order valence-corrected chi connectivity index (χ2v) is 2.16. The molecular formula is CH3F3O3S. The maximum absolute atomic E-state index is 10.7. The summed E-state index contributed by atoms with van der Waals surface area (Å²) in [6.45, 7) is 0. The van der Waals surface area contributed by atoms with Crippen LogP contribution in [0, 0.1) is 0 Å². The van der Waals surface area contributed by atoms with Gasteiger partial charge in [0.25, 0.3) is 0 Å². The van der Waals surface area contributed by atoms with Crippen LogP contribution in [0.15, 0.2) is 0 Å². The van der Waals surface area contributed by atoms with Crippen LogP contribution in [0.4, 0.5) is 13.5 Å². The standard InChI is InChI=1S/CH2F2O3S.FH/c2-1(3)7(4,5)6;/h1H,(H,4,5,6);1H. The highest BCUT2D eigenvalue weighted by molar-refractivity contribution is 7.86. The van der Waals surface area contributed by atoms with E-state index in [1.54, 1.807) is 0 Å². The summed E-state index contributed by atoms with van der Waals surface area (Å²) in [5.41, 5.74) is 0. The molecule has 0 saturated heterocycles. The summed E-state index contributed by atoms with van der Waals surface area (Å²) in [7, 11) is -5.07. The Morgan fingerprint density at radius 1 is 1.38 bits per heavy atom. The highest BCUT2D eigenvalue weighted by Gasteiger charge is 2.18. The Bertz CT molecular complexity index is 137. The fourth-order valence-corrected chi connectivity index (χ4v) is 0. The summed E-state index contributed by atoms with van der Waals surface area (Å²) in [6.07, 6.45) is 0. The van der Waals surface area contributed by atoms with Crippen LogP contribution >= 0.6 is 0 Å². The molecule has 0 aromatic carbocycles. The van der Waals surface area contributed by atoms with E-state index >= 15 is 0 Å². The Labute approximate surface area is 43.4 Å². The zero-order valence-electron chi connectivity index (χ0n) is 3.41. The van der Waals surface area contributed by atoms with Crippen molar-refractivity contribution in [2.75, 3.05) is 0 Å². The Kier molecular flexibility index (Phi) is 3.82. The molecule has 7 heteroatoms. The van der Waals surface area contributed by atoms with Gasteiger partial charge in [0.05, 0.1) is 0 Å². The van der Waals surface area contributed by atoms with Crippen molar-refractivity contribution >= 4 is 10.1 Å². The molecular weight excluding hydrogens is 149 g/mol. The highest BCUT2D eigenvalue weighted by atomic mass is 32.2. The van der Waals surface area contributed by atoms with E-state index in [2.05, 4.69) is 0 Å². The second kappa shape index (κ2) is 2.88. The number of hydrogen-bond acceptors (Lipinski definition) is 2. The molecule has 3 nitrogen and oxygen atoms in total. The van der Waals surface area contributed by atoms with Crippen LogP contribution in [0.5, 0.6) is 0 Å². The summed E-state index contributed by atoms with van der Waals surface area (Å²) in [4.78, 5) is 0. The predicted molar refractivity (Wildman–Crippen MR) is 20.1 cm³/mol. The molecule has 0 amide bonds. The molecule has 0 bridgehead atoms. The Balaban J connectivity index is 0. The number of rotatable bonds is 1. The highest BCUT2D eigenvalue weighted by Crippen LogP contribution is 1.98. The summed E-state index contributed by atoms with van der Waals surface area (Å²) in [6, 6.07) is 0. The first-order valence-corrected chi connectivity index (χ1v) is 2.69. The second-order valence-electron chi connectivity index (χ2n) is 0.776. The van der Waals surface area contributed by atoms with E-state index in [4.69, 9.17) is 13.0 Å². The van der Waals surface area contributed by atoms with Crippen LogP contribution in [0.25, 0.3) is 0 Å². The summed E-state index contributed by atoms with van der Waals surface area (Å²) < 4.78 is 47.0. The third-order valence-electron chi connectivity index (χ3n) is 0.225. The van der Waals surface area contributed by atoms with Crippen LogP contribution in [-0.2, 0) is 10.1 Å². The average molecular weight is 152 g/mol.